The molecule has 0 saturated carbocycles. The summed E-state index contributed by atoms with van der Waals surface area (Å²) in [4.78, 5) is 34.2. The van der Waals surface area contributed by atoms with Crippen LogP contribution in [-0.2, 0) is 9.59 Å². The molecule has 3 aliphatic rings. The van der Waals surface area contributed by atoms with Gasteiger partial charge in [0.05, 0.1) is 17.1 Å². The Morgan fingerprint density at radius 2 is 1.68 bits per heavy atom. The summed E-state index contributed by atoms with van der Waals surface area (Å²) in [6.45, 7) is 5.32. The summed E-state index contributed by atoms with van der Waals surface area (Å²) >= 11 is 0. The highest BCUT2D eigenvalue weighted by atomic mass is 16.2. The van der Waals surface area contributed by atoms with E-state index < -0.39 is 0 Å². The van der Waals surface area contributed by atoms with Crippen molar-refractivity contribution in [2.24, 2.45) is 0 Å². The van der Waals surface area contributed by atoms with Crippen molar-refractivity contribution in [1.82, 2.24) is 24.7 Å². The molecule has 7 nitrogen and oxygen atoms in total. The van der Waals surface area contributed by atoms with Gasteiger partial charge in [-0.1, -0.05) is 42.5 Å². The maximum atomic E-state index is 13.1. The Hall–Kier alpha value is -3.19. The first-order chi connectivity index (χ1) is 18.0. The van der Waals surface area contributed by atoms with E-state index in [1.54, 1.807) is 11.8 Å². The maximum Gasteiger partial charge on any atom is 0.243 e. The highest BCUT2D eigenvalue weighted by Gasteiger charge is 2.42. The number of amides is 2. The molecule has 37 heavy (non-hydrogen) atoms. The molecule has 3 fully saturated rings. The van der Waals surface area contributed by atoms with Crippen LogP contribution in [0.25, 0.3) is 11.0 Å². The molecule has 2 amide bonds. The van der Waals surface area contributed by atoms with Gasteiger partial charge < -0.3 is 14.8 Å². The van der Waals surface area contributed by atoms with E-state index in [0.29, 0.717) is 24.7 Å². The van der Waals surface area contributed by atoms with Crippen molar-refractivity contribution in [3.05, 3.63) is 66.0 Å². The first-order valence-corrected chi connectivity index (χ1v) is 13.8. The third-order valence-electron chi connectivity index (χ3n) is 8.92. The number of rotatable bonds is 7. The minimum atomic E-state index is -0.330. The first kappa shape index (κ1) is 24.2. The molecular weight excluding hydrogens is 462 g/mol. The molecule has 0 radical (unpaired) electrons. The number of aryl methyl sites for hydroxylation is 1. The molecule has 7 heteroatoms. The number of fused-ring (bicyclic) bond motifs is 3. The molecule has 0 aliphatic carbocycles. The van der Waals surface area contributed by atoms with Gasteiger partial charge in [-0.25, -0.2) is 4.98 Å². The number of nitrogens with zero attached hydrogens (tertiary/aromatic N) is 4. The average molecular weight is 500 g/mol. The lowest BCUT2D eigenvalue weighted by atomic mass is 9.95. The second-order valence-electron chi connectivity index (χ2n) is 11.0. The van der Waals surface area contributed by atoms with Crippen molar-refractivity contribution >= 4 is 22.8 Å². The van der Waals surface area contributed by atoms with Crippen molar-refractivity contribution < 1.29 is 9.59 Å². The van der Waals surface area contributed by atoms with Crippen LogP contribution in [-0.4, -0.2) is 62.4 Å². The summed E-state index contributed by atoms with van der Waals surface area (Å²) < 4.78 is 2.48. The number of hydrogen-bond acceptors (Lipinski definition) is 4. The Bertz CT molecular complexity index is 1270. The summed E-state index contributed by atoms with van der Waals surface area (Å²) in [7, 11) is 0. The van der Waals surface area contributed by atoms with Crippen molar-refractivity contribution in [2.75, 3.05) is 13.1 Å². The highest BCUT2D eigenvalue weighted by molar-refractivity contribution is 5.88. The SMILES string of the molecule is CC(=O)N1CCC1C(=O)N[C@H](CCN1C2CCC1CC(n1c(C)nc3ccccc31)C2)c1ccccc1. The molecule has 2 aromatic carbocycles. The normalized spacial score (nSPS) is 26.2. The predicted octanol–water partition coefficient (Wildman–Crippen LogP) is 4.38. The fraction of sp³-hybridized carbons (Fsp3) is 0.500. The van der Waals surface area contributed by atoms with E-state index in [9.17, 15) is 9.59 Å². The zero-order chi connectivity index (χ0) is 25.5. The van der Waals surface area contributed by atoms with Gasteiger partial charge in [0.2, 0.25) is 11.8 Å². The Morgan fingerprint density at radius 3 is 2.35 bits per heavy atom. The monoisotopic (exact) mass is 499 g/mol. The topological polar surface area (TPSA) is 70.5 Å². The Balaban J connectivity index is 1.14. The zero-order valence-electron chi connectivity index (χ0n) is 21.8. The standard InChI is InChI=1S/C30H37N5O2/c1-20-31-27-10-6-7-11-28(27)35(20)25-18-23-12-13-24(19-25)34(23)16-14-26(22-8-4-3-5-9-22)32-30(37)29-15-17-33(29)21(2)36/h3-11,23-26,29H,12-19H2,1-2H3,(H,32,37)/t23?,24?,25?,26-,29?/m1/s1. The Morgan fingerprint density at radius 1 is 0.973 bits per heavy atom. The number of nitrogens with one attached hydrogen (secondary N) is 1. The van der Waals surface area contributed by atoms with Crippen LogP contribution in [0.2, 0.25) is 0 Å². The third kappa shape index (κ3) is 4.54. The van der Waals surface area contributed by atoms with E-state index in [4.69, 9.17) is 4.98 Å². The number of imidazole rings is 1. The molecule has 1 aromatic heterocycles. The molecule has 3 saturated heterocycles. The summed E-state index contributed by atoms with van der Waals surface area (Å²) in [6, 6.07) is 20.0. The maximum absolute atomic E-state index is 13.1. The second kappa shape index (κ2) is 9.93. The number of carbonyl (C=O) groups excluding carboxylic acids is 2. The molecule has 4 atom stereocenters. The lowest BCUT2D eigenvalue weighted by molar-refractivity contribution is -0.146. The van der Waals surface area contributed by atoms with Gasteiger partial charge in [-0.3, -0.25) is 14.5 Å². The van der Waals surface area contributed by atoms with E-state index in [0.717, 1.165) is 49.1 Å². The fourth-order valence-electron chi connectivity index (χ4n) is 7.04. The van der Waals surface area contributed by atoms with Gasteiger partial charge in [-0.05, 0) is 63.1 Å². The van der Waals surface area contributed by atoms with E-state index in [1.165, 1.54) is 18.4 Å². The van der Waals surface area contributed by atoms with Gasteiger partial charge in [0, 0.05) is 38.1 Å². The number of aromatic nitrogens is 2. The van der Waals surface area contributed by atoms with Gasteiger partial charge in [-0.2, -0.15) is 0 Å². The highest BCUT2D eigenvalue weighted by Crippen LogP contribution is 2.42. The van der Waals surface area contributed by atoms with Gasteiger partial charge >= 0.3 is 0 Å². The number of likely N-dealkylation sites (tertiary alicyclic amines) is 1. The molecular formula is C30H37N5O2. The van der Waals surface area contributed by atoms with Crippen LogP contribution in [0, 0.1) is 6.92 Å². The molecule has 3 aliphatic heterocycles. The van der Waals surface area contributed by atoms with Crippen LogP contribution >= 0.6 is 0 Å². The largest absolute Gasteiger partial charge is 0.347 e. The van der Waals surface area contributed by atoms with Crippen molar-refractivity contribution in [3.8, 4) is 0 Å². The van der Waals surface area contributed by atoms with E-state index in [2.05, 4.69) is 58.1 Å². The molecule has 2 bridgehead atoms. The van der Waals surface area contributed by atoms with Gasteiger partial charge in [0.1, 0.15) is 11.9 Å². The second-order valence-corrected chi connectivity index (χ2v) is 11.0. The van der Waals surface area contributed by atoms with Crippen molar-refractivity contribution in [3.63, 3.8) is 0 Å². The Kier molecular flexibility index (Phi) is 6.49. The van der Waals surface area contributed by atoms with Crippen molar-refractivity contribution in [2.45, 2.75) is 82.6 Å². The minimum Gasteiger partial charge on any atom is -0.347 e. The first-order valence-electron chi connectivity index (χ1n) is 13.8. The molecule has 1 N–H and O–H groups in total. The molecule has 194 valence electrons. The van der Waals surface area contributed by atoms with Crippen LogP contribution in [0.15, 0.2) is 54.6 Å². The van der Waals surface area contributed by atoms with Gasteiger partial charge in [-0.15, -0.1) is 0 Å². The van der Waals surface area contributed by atoms with Crippen LogP contribution < -0.4 is 5.32 Å². The summed E-state index contributed by atoms with van der Waals surface area (Å²) in [6.07, 6.45) is 6.39. The molecule has 4 heterocycles. The molecule has 3 unspecified atom stereocenters. The zero-order valence-corrected chi connectivity index (χ0v) is 21.8. The number of carbonyl (C=O) groups is 2. The quantitative estimate of drug-likeness (QED) is 0.524. The van der Waals surface area contributed by atoms with E-state index >= 15 is 0 Å². The molecule has 6 rings (SSSR count). The van der Waals surface area contributed by atoms with Crippen molar-refractivity contribution in [1.29, 1.82) is 0 Å². The smallest absolute Gasteiger partial charge is 0.243 e. The number of para-hydroxylation sites is 2. The average Bonchev–Trinajstić information content (AvgIpc) is 3.31. The molecule has 0 spiro atoms. The van der Waals surface area contributed by atoms with Crippen LogP contribution in [0.1, 0.15) is 68.9 Å². The van der Waals surface area contributed by atoms with E-state index in [1.807, 2.05) is 18.2 Å². The van der Waals surface area contributed by atoms with Gasteiger partial charge in [0.15, 0.2) is 0 Å². The van der Waals surface area contributed by atoms with Gasteiger partial charge in [0.25, 0.3) is 0 Å². The third-order valence-corrected chi connectivity index (χ3v) is 8.92. The lowest BCUT2D eigenvalue weighted by Gasteiger charge is -2.41. The fourth-order valence-corrected chi connectivity index (χ4v) is 7.04. The van der Waals surface area contributed by atoms with E-state index in [-0.39, 0.29) is 23.9 Å². The summed E-state index contributed by atoms with van der Waals surface area (Å²) in [5.41, 5.74) is 3.47. The summed E-state index contributed by atoms with van der Waals surface area (Å²) in [5, 5.41) is 3.30. The number of benzene rings is 2. The summed E-state index contributed by atoms with van der Waals surface area (Å²) in [5.74, 6) is 1.06. The van der Waals surface area contributed by atoms with Crippen LogP contribution in [0.3, 0.4) is 0 Å². The predicted molar refractivity (Wildman–Crippen MR) is 144 cm³/mol. The van der Waals surface area contributed by atoms with Crippen LogP contribution in [0.5, 0.6) is 0 Å². The molecule has 3 aromatic rings. The number of hydrogen-bond donors (Lipinski definition) is 1. The minimum absolute atomic E-state index is 0.0250. The number of piperidine rings is 1. The van der Waals surface area contributed by atoms with Crippen LogP contribution in [0.4, 0.5) is 0 Å². The lowest BCUT2D eigenvalue weighted by Crippen LogP contribution is -2.58. The Labute approximate surface area is 218 Å².